The van der Waals surface area contributed by atoms with Crippen molar-refractivity contribution in [3.8, 4) is 0 Å². The van der Waals surface area contributed by atoms with Crippen LogP contribution < -0.4 is 11.1 Å². The molecule has 110 valence electrons. The summed E-state index contributed by atoms with van der Waals surface area (Å²) < 4.78 is 13.1. The van der Waals surface area contributed by atoms with Crippen molar-refractivity contribution in [3.05, 3.63) is 53.3 Å². The van der Waals surface area contributed by atoms with Crippen molar-refractivity contribution in [2.75, 3.05) is 11.1 Å². The molecule has 0 saturated carbocycles. The van der Waals surface area contributed by atoms with Crippen molar-refractivity contribution in [3.63, 3.8) is 0 Å². The number of rotatable bonds is 4. The molecule has 0 aliphatic heterocycles. The first-order chi connectivity index (χ1) is 9.95. The van der Waals surface area contributed by atoms with Gasteiger partial charge in [0.2, 0.25) is 5.91 Å². The second-order valence-corrected chi connectivity index (χ2v) is 6.29. The van der Waals surface area contributed by atoms with Crippen LogP contribution in [0.15, 0.2) is 47.4 Å². The number of amides is 1. The highest BCUT2D eigenvalue weighted by Crippen LogP contribution is 2.26. The minimum atomic E-state index is -0.505. The molecule has 0 saturated heterocycles. The molecule has 1 atom stereocenters. The van der Waals surface area contributed by atoms with Gasteiger partial charge in [0.05, 0.1) is 10.9 Å². The number of hydrogen-bond acceptors (Lipinski definition) is 3. The van der Waals surface area contributed by atoms with Crippen LogP contribution in [0.3, 0.4) is 0 Å². The second-order valence-electron chi connectivity index (χ2n) is 4.44. The van der Waals surface area contributed by atoms with Crippen molar-refractivity contribution in [1.82, 2.24) is 0 Å². The predicted octanol–water partition coefficient (Wildman–Crippen LogP) is 4.18. The summed E-state index contributed by atoms with van der Waals surface area (Å²) in [6, 6.07) is 11.4. The van der Waals surface area contributed by atoms with E-state index in [9.17, 15) is 9.18 Å². The highest BCUT2D eigenvalue weighted by atomic mass is 35.5. The number of halogens is 2. The van der Waals surface area contributed by atoms with E-state index in [0.717, 1.165) is 4.90 Å². The van der Waals surface area contributed by atoms with Gasteiger partial charge in [-0.15, -0.1) is 11.8 Å². The molecule has 21 heavy (non-hydrogen) atoms. The summed E-state index contributed by atoms with van der Waals surface area (Å²) in [5.41, 5.74) is 5.94. The fourth-order valence-electron chi connectivity index (χ4n) is 1.66. The van der Waals surface area contributed by atoms with Gasteiger partial charge in [0.15, 0.2) is 0 Å². The topological polar surface area (TPSA) is 55.1 Å². The van der Waals surface area contributed by atoms with Crippen molar-refractivity contribution in [1.29, 1.82) is 0 Å². The number of benzene rings is 2. The first-order valence-electron chi connectivity index (χ1n) is 6.24. The molecular formula is C15H14ClFN2OS. The third-order valence-corrected chi connectivity index (χ3v) is 4.07. The molecule has 0 aliphatic carbocycles. The molecule has 1 amide bonds. The number of anilines is 2. The minimum Gasteiger partial charge on any atom is -0.396 e. The first kappa shape index (κ1) is 15.7. The van der Waals surface area contributed by atoms with Gasteiger partial charge >= 0.3 is 0 Å². The Kier molecular flexibility index (Phi) is 5.09. The smallest absolute Gasteiger partial charge is 0.237 e. The van der Waals surface area contributed by atoms with Crippen LogP contribution >= 0.6 is 23.4 Å². The molecule has 0 bridgehead atoms. The van der Waals surface area contributed by atoms with Crippen LogP contribution in [0.25, 0.3) is 0 Å². The lowest BCUT2D eigenvalue weighted by Gasteiger charge is -2.12. The monoisotopic (exact) mass is 324 g/mol. The number of hydrogen-bond donors (Lipinski definition) is 2. The third kappa shape index (κ3) is 4.37. The summed E-state index contributed by atoms with van der Waals surface area (Å²) in [5, 5.41) is 3.00. The number of thioether (sulfide) groups is 1. The fraction of sp³-hybridized carbons (Fsp3) is 0.133. The van der Waals surface area contributed by atoms with Crippen molar-refractivity contribution in [2.24, 2.45) is 0 Å². The molecule has 6 heteroatoms. The van der Waals surface area contributed by atoms with E-state index >= 15 is 0 Å². The van der Waals surface area contributed by atoms with Gasteiger partial charge in [0.25, 0.3) is 0 Å². The van der Waals surface area contributed by atoms with E-state index in [1.165, 1.54) is 30.0 Å². The van der Waals surface area contributed by atoms with Crippen LogP contribution in [0.5, 0.6) is 0 Å². The molecule has 3 N–H and O–H groups in total. The van der Waals surface area contributed by atoms with Gasteiger partial charge in [-0.25, -0.2) is 4.39 Å². The van der Waals surface area contributed by atoms with Gasteiger partial charge in [-0.2, -0.15) is 0 Å². The summed E-state index contributed by atoms with van der Waals surface area (Å²) in [4.78, 5) is 13.0. The summed E-state index contributed by atoms with van der Waals surface area (Å²) in [6.07, 6.45) is 0. The lowest BCUT2D eigenvalue weighted by atomic mass is 10.2. The van der Waals surface area contributed by atoms with Crippen LogP contribution in [0.4, 0.5) is 15.8 Å². The number of carbonyl (C=O) groups excluding carboxylic acids is 1. The Balaban J connectivity index is 2.00. The fourth-order valence-corrected chi connectivity index (χ4v) is 2.84. The van der Waals surface area contributed by atoms with Crippen LogP contribution in [0, 0.1) is 5.82 Å². The van der Waals surface area contributed by atoms with E-state index in [1.54, 1.807) is 19.1 Å². The molecule has 0 spiro atoms. The van der Waals surface area contributed by atoms with Crippen molar-refractivity contribution < 1.29 is 9.18 Å². The predicted molar refractivity (Wildman–Crippen MR) is 86.2 cm³/mol. The molecule has 0 fully saturated rings. The summed E-state index contributed by atoms with van der Waals surface area (Å²) in [6.45, 7) is 1.79. The van der Waals surface area contributed by atoms with Crippen molar-refractivity contribution >= 4 is 40.6 Å². The average molecular weight is 325 g/mol. The summed E-state index contributed by atoms with van der Waals surface area (Å²) >= 11 is 7.30. The van der Waals surface area contributed by atoms with E-state index in [-0.39, 0.29) is 16.8 Å². The largest absolute Gasteiger partial charge is 0.396 e. The number of nitrogens with one attached hydrogen (secondary N) is 1. The van der Waals surface area contributed by atoms with E-state index < -0.39 is 5.82 Å². The van der Waals surface area contributed by atoms with E-state index in [4.69, 9.17) is 17.3 Å². The average Bonchev–Trinajstić information content (AvgIpc) is 2.43. The number of carbonyl (C=O) groups is 1. The standard InChI is InChI=1S/C15H14ClFN2OS/c1-9(21-12-4-2-3-10(16)7-12)15(20)19-11-5-6-13(17)14(18)8-11/h2-9H,18H2,1H3,(H,19,20). The van der Waals surface area contributed by atoms with E-state index in [1.807, 2.05) is 12.1 Å². The third-order valence-electron chi connectivity index (χ3n) is 2.74. The Labute approximate surface area is 131 Å². The van der Waals surface area contributed by atoms with Crippen LogP contribution in [-0.4, -0.2) is 11.2 Å². The summed E-state index contributed by atoms with van der Waals surface area (Å²) in [7, 11) is 0. The van der Waals surface area contributed by atoms with Crippen molar-refractivity contribution in [2.45, 2.75) is 17.1 Å². The molecule has 0 heterocycles. The van der Waals surface area contributed by atoms with Gasteiger partial charge in [-0.1, -0.05) is 17.7 Å². The van der Waals surface area contributed by atoms with Gasteiger partial charge in [-0.3, -0.25) is 4.79 Å². The van der Waals surface area contributed by atoms with Gasteiger partial charge in [-0.05, 0) is 43.3 Å². The summed E-state index contributed by atoms with van der Waals surface area (Å²) in [5.74, 6) is -0.694. The molecule has 0 aliphatic rings. The van der Waals surface area contributed by atoms with E-state index in [0.29, 0.717) is 10.7 Å². The normalized spacial score (nSPS) is 12.0. The first-order valence-corrected chi connectivity index (χ1v) is 7.49. The lowest BCUT2D eigenvalue weighted by Crippen LogP contribution is -2.22. The molecule has 1 unspecified atom stereocenters. The van der Waals surface area contributed by atoms with Gasteiger partial charge in [0, 0.05) is 15.6 Å². The maximum Gasteiger partial charge on any atom is 0.237 e. The van der Waals surface area contributed by atoms with E-state index in [2.05, 4.69) is 5.32 Å². The zero-order valence-electron chi connectivity index (χ0n) is 11.3. The minimum absolute atomic E-state index is 0.00273. The highest BCUT2D eigenvalue weighted by Gasteiger charge is 2.15. The zero-order chi connectivity index (χ0) is 15.4. The lowest BCUT2D eigenvalue weighted by molar-refractivity contribution is -0.115. The Morgan fingerprint density at radius 1 is 1.33 bits per heavy atom. The van der Waals surface area contributed by atoms with Gasteiger partial charge < -0.3 is 11.1 Å². The molecule has 2 rings (SSSR count). The number of nitrogen functional groups attached to an aromatic ring is 1. The highest BCUT2D eigenvalue weighted by molar-refractivity contribution is 8.00. The quantitative estimate of drug-likeness (QED) is 0.655. The Morgan fingerprint density at radius 3 is 2.76 bits per heavy atom. The maximum atomic E-state index is 13.1. The van der Waals surface area contributed by atoms with Crippen LogP contribution in [0.1, 0.15) is 6.92 Å². The van der Waals surface area contributed by atoms with Gasteiger partial charge in [0.1, 0.15) is 5.82 Å². The zero-order valence-corrected chi connectivity index (χ0v) is 12.8. The second kappa shape index (κ2) is 6.83. The number of nitrogens with two attached hydrogens (primary N) is 1. The SMILES string of the molecule is CC(Sc1cccc(Cl)c1)C(=O)Nc1ccc(F)c(N)c1. The van der Waals surface area contributed by atoms with Crippen LogP contribution in [-0.2, 0) is 4.79 Å². The Morgan fingerprint density at radius 2 is 2.10 bits per heavy atom. The molecule has 0 aromatic heterocycles. The molecule has 0 radical (unpaired) electrons. The Bertz CT molecular complexity index is 666. The maximum absolute atomic E-state index is 13.1. The molecule has 3 nitrogen and oxygen atoms in total. The van der Waals surface area contributed by atoms with Crippen LogP contribution in [0.2, 0.25) is 5.02 Å². The Hall–Kier alpha value is -1.72. The molecule has 2 aromatic carbocycles. The molecular weight excluding hydrogens is 311 g/mol. The molecule has 2 aromatic rings.